The lowest BCUT2D eigenvalue weighted by molar-refractivity contribution is 0.0471. The number of esters is 2. The van der Waals surface area contributed by atoms with Gasteiger partial charge in [-0.05, 0) is 61.0 Å². The lowest BCUT2D eigenvalue weighted by atomic mass is 10.2. The van der Waals surface area contributed by atoms with Gasteiger partial charge in [0.1, 0.15) is 18.1 Å². The van der Waals surface area contributed by atoms with Crippen LogP contribution >= 0.6 is 0 Å². The standard InChI is InChI=1S/C14H12O3.C9H10O3/c15-13-8-6-12(7-9-13)14(16)17-10-11-4-2-1-3-5-11;1-2-12-9(11)7-3-5-8(10)6-4-7/h1-9,15H,10H2;3-6,10H,2H2,1H3. The second-order valence-corrected chi connectivity index (χ2v) is 5.88. The molecule has 0 aromatic heterocycles. The molecule has 0 unspecified atom stereocenters. The van der Waals surface area contributed by atoms with E-state index in [0.29, 0.717) is 17.7 Å². The van der Waals surface area contributed by atoms with E-state index in [2.05, 4.69) is 0 Å². The minimum absolute atomic E-state index is 0.129. The van der Waals surface area contributed by atoms with Gasteiger partial charge in [-0.3, -0.25) is 0 Å². The fourth-order valence-corrected chi connectivity index (χ4v) is 2.22. The van der Waals surface area contributed by atoms with E-state index in [0.717, 1.165) is 5.56 Å². The van der Waals surface area contributed by atoms with Gasteiger partial charge < -0.3 is 19.7 Å². The van der Waals surface area contributed by atoms with E-state index in [1.807, 2.05) is 30.3 Å². The largest absolute Gasteiger partial charge is 0.508 e. The van der Waals surface area contributed by atoms with E-state index < -0.39 is 5.97 Å². The molecule has 150 valence electrons. The topological polar surface area (TPSA) is 93.1 Å². The predicted octanol–water partition coefficient (Wildman–Crippen LogP) is 4.32. The summed E-state index contributed by atoms with van der Waals surface area (Å²) in [6.07, 6.45) is 0. The summed E-state index contributed by atoms with van der Waals surface area (Å²) >= 11 is 0. The zero-order valence-corrected chi connectivity index (χ0v) is 15.9. The van der Waals surface area contributed by atoms with Gasteiger partial charge in [0.2, 0.25) is 0 Å². The Morgan fingerprint density at radius 3 is 1.59 bits per heavy atom. The predicted molar refractivity (Wildman–Crippen MR) is 108 cm³/mol. The molecule has 0 spiro atoms. The first-order valence-corrected chi connectivity index (χ1v) is 8.96. The number of carbonyl (C=O) groups is 2. The molecular weight excluding hydrogens is 372 g/mol. The number of hydrogen-bond donors (Lipinski definition) is 2. The summed E-state index contributed by atoms with van der Waals surface area (Å²) in [6, 6.07) is 21.4. The zero-order valence-electron chi connectivity index (χ0n) is 15.9. The third-order valence-corrected chi connectivity index (χ3v) is 3.69. The molecule has 0 heterocycles. The van der Waals surface area contributed by atoms with Crippen molar-refractivity contribution in [3.63, 3.8) is 0 Å². The van der Waals surface area contributed by atoms with Crippen molar-refractivity contribution >= 4 is 11.9 Å². The normalized spacial score (nSPS) is 9.69. The molecule has 29 heavy (non-hydrogen) atoms. The number of hydrogen-bond acceptors (Lipinski definition) is 6. The lowest BCUT2D eigenvalue weighted by Gasteiger charge is -2.04. The average molecular weight is 394 g/mol. The fraction of sp³-hybridized carbons (Fsp3) is 0.130. The molecular formula is C23H22O6. The summed E-state index contributed by atoms with van der Waals surface area (Å²) in [5, 5.41) is 18.0. The molecule has 0 saturated carbocycles. The number of phenols is 2. The van der Waals surface area contributed by atoms with Crippen LogP contribution in [0.15, 0.2) is 78.9 Å². The monoisotopic (exact) mass is 394 g/mol. The highest BCUT2D eigenvalue weighted by Crippen LogP contribution is 2.12. The van der Waals surface area contributed by atoms with E-state index in [4.69, 9.17) is 19.7 Å². The summed E-state index contributed by atoms with van der Waals surface area (Å²) in [6.45, 7) is 2.36. The molecule has 0 bridgehead atoms. The third-order valence-electron chi connectivity index (χ3n) is 3.69. The highest BCUT2D eigenvalue weighted by Gasteiger charge is 2.07. The smallest absolute Gasteiger partial charge is 0.338 e. The van der Waals surface area contributed by atoms with E-state index in [9.17, 15) is 9.59 Å². The second kappa shape index (κ2) is 11.1. The van der Waals surface area contributed by atoms with Gasteiger partial charge in [0, 0.05) is 0 Å². The Morgan fingerprint density at radius 2 is 1.14 bits per heavy atom. The average Bonchev–Trinajstić information content (AvgIpc) is 2.74. The molecule has 6 heteroatoms. The minimum atomic E-state index is -0.395. The van der Waals surface area contributed by atoms with Gasteiger partial charge in [0.25, 0.3) is 0 Å². The van der Waals surface area contributed by atoms with Crippen LogP contribution in [0.2, 0.25) is 0 Å². The molecule has 0 fully saturated rings. The third kappa shape index (κ3) is 7.38. The van der Waals surface area contributed by atoms with Gasteiger partial charge in [0.05, 0.1) is 17.7 Å². The Bertz CT molecular complexity index is 902. The van der Waals surface area contributed by atoms with Crippen molar-refractivity contribution in [2.24, 2.45) is 0 Å². The first-order valence-electron chi connectivity index (χ1n) is 8.96. The number of rotatable bonds is 5. The van der Waals surface area contributed by atoms with E-state index in [1.54, 1.807) is 6.92 Å². The lowest BCUT2D eigenvalue weighted by Crippen LogP contribution is -2.04. The molecule has 0 saturated heterocycles. The van der Waals surface area contributed by atoms with Gasteiger partial charge in [-0.2, -0.15) is 0 Å². The van der Waals surface area contributed by atoms with Crippen molar-refractivity contribution in [2.75, 3.05) is 6.61 Å². The van der Waals surface area contributed by atoms with Crippen LogP contribution in [-0.2, 0) is 16.1 Å². The van der Waals surface area contributed by atoms with Crippen molar-refractivity contribution in [1.29, 1.82) is 0 Å². The van der Waals surface area contributed by atoms with Gasteiger partial charge in [0.15, 0.2) is 0 Å². The first-order chi connectivity index (χ1) is 14.0. The summed E-state index contributed by atoms with van der Waals surface area (Å²) in [5.41, 5.74) is 1.83. The number of carbonyl (C=O) groups excluding carboxylic acids is 2. The van der Waals surface area contributed by atoms with Gasteiger partial charge in [-0.25, -0.2) is 9.59 Å². The maximum Gasteiger partial charge on any atom is 0.338 e. The Kier molecular flexibility index (Phi) is 8.26. The van der Waals surface area contributed by atoms with Crippen LogP contribution in [0.1, 0.15) is 33.2 Å². The van der Waals surface area contributed by atoms with Crippen molar-refractivity contribution in [2.45, 2.75) is 13.5 Å². The Balaban J connectivity index is 0.000000221. The minimum Gasteiger partial charge on any atom is -0.508 e. The van der Waals surface area contributed by atoms with Gasteiger partial charge in [-0.1, -0.05) is 30.3 Å². The maximum atomic E-state index is 11.6. The number of ether oxygens (including phenoxy) is 2. The SMILES string of the molecule is CCOC(=O)c1ccc(O)cc1.O=C(OCc1ccccc1)c1ccc(O)cc1. The molecule has 0 aliphatic heterocycles. The molecule has 6 nitrogen and oxygen atoms in total. The van der Waals surface area contributed by atoms with E-state index >= 15 is 0 Å². The van der Waals surface area contributed by atoms with Crippen molar-refractivity contribution in [3.05, 3.63) is 95.6 Å². The van der Waals surface area contributed by atoms with Crippen molar-refractivity contribution < 1.29 is 29.3 Å². The Morgan fingerprint density at radius 1 is 0.690 bits per heavy atom. The quantitative estimate of drug-likeness (QED) is 0.626. The first kappa shape index (κ1) is 21.5. The van der Waals surface area contributed by atoms with Crippen LogP contribution in [0.5, 0.6) is 11.5 Å². The number of aromatic hydroxyl groups is 2. The van der Waals surface area contributed by atoms with Gasteiger partial charge >= 0.3 is 11.9 Å². The molecule has 3 rings (SSSR count). The van der Waals surface area contributed by atoms with Crippen LogP contribution in [0.3, 0.4) is 0 Å². The molecule has 0 radical (unpaired) electrons. The summed E-state index contributed by atoms with van der Waals surface area (Å²) in [5.74, 6) is -0.487. The second-order valence-electron chi connectivity index (χ2n) is 5.88. The van der Waals surface area contributed by atoms with Crippen molar-refractivity contribution in [1.82, 2.24) is 0 Å². The Hall–Kier alpha value is -3.80. The van der Waals surface area contributed by atoms with Crippen molar-refractivity contribution in [3.8, 4) is 11.5 Å². The summed E-state index contributed by atoms with van der Waals surface area (Å²) in [4.78, 5) is 22.7. The molecule has 0 amide bonds. The molecule has 0 aliphatic rings. The number of phenolic OH excluding ortho intramolecular Hbond substituents is 2. The molecule has 3 aromatic carbocycles. The number of benzene rings is 3. The zero-order chi connectivity index (χ0) is 21.1. The molecule has 0 atom stereocenters. The summed E-state index contributed by atoms with van der Waals surface area (Å²) in [7, 11) is 0. The van der Waals surface area contributed by atoms with Crippen LogP contribution < -0.4 is 0 Å². The highest BCUT2D eigenvalue weighted by molar-refractivity contribution is 5.89. The van der Waals surface area contributed by atoms with Crippen LogP contribution in [0.25, 0.3) is 0 Å². The highest BCUT2D eigenvalue weighted by atomic mass is 16.5. The van der Waals surface area contributed by atoms with Crippen LogP contribution in [0, 0.1) is 0 Å². The fourth-order valence-electron chi connectivity index (χ4n) is 2.22. The van der Waals surface area contributed by atoms with E-state index in [1.165, 1.54) is 48.5 Å². The van der Waals surface area contributed by atoms with E-state index in [-0.39, 0.29) is 24.1 Å². The van der Waals surface area contributed by atoms with Crippen LogP contribution in [-0.4, -0.2) is 28.8 Å². The molecule has 2 N–H and O–H groups in total. The van der Waals surface area contributed by atoms with Gasteiger partial charge in [-0.15, -0.1) is 0 Å². The molecule has 3 aromatic rings. The molecule has 0 aliphatic carbocycles. The Labute approximate surface area is 169 Å². The van der Waals surface area contributed by atoms with Crippen LogP contribution in [0.4, 0.5) is 0 Å². The summed E-state index contributed by atoms with van der Waals surface area (Å²) < 4.78 is 9.88. The maximum absolute atomic E-state index is 11.6.